The molecule has 1 atom stereocenters. The van der Waals surface area contributed by atoms with Crippen molar-refractivity contribution in [1.29, 1.82) is 0 Å². The number of hydrogen-bond donors (Lipinski definition) is 1. The first-order valence-corrected chi connectivity index (χ1v) is 11.0. The fourth-order valence-corrected chi connectivity index (χ4v) is 3.78. The van der Waals surface area contributed by atoms with Crippen LogP contribution in [0.5, 0.6) is 0 Å². The number of hydrogen-bond acceptors (Lipinski definition) is 6. The summed E-state index contributed by atoms with van der Waals surface area (Å²) in [4.78, 5) is 27.5. The molecular weight excluding hydrogens is 402 g/mol. The molecule has 4 rings (SSSR count). The number of amides is 1. The third-order valence-corrected chi connectivity index (χ3v) is 5.57. The minimum atomic E-state index is 0.0346. The summed E-state index contributed by atoms with van der Waals surface area (Å²) in [5, 5.41) is 3.01. The fraction of sp³-hybridized carbons (Fsp3) is 0.360. The van der Waals surface area contributed by atoms with Gasteiger partial charge in [-0.25, -0.2) is 9.97 Å². The van der Waals surface area contributed by atoms with Gasteiger partial charge in [-0.1, -0.05) is 24.3 Å². The van der Waals surface area contributed by atoms with E-state index in [0.717, 1.165) is 53.8 Å². The predicted molar refractivity (Wildman–Crippen MR) is 125 cm³/mol. The molecule has 32 heavy (non-hydrogen) atoms. The van der Waals surface area contributed by atoms with E-state index < -0.39 is 0 Å². The number of anilines is 1. The number of ether oxygens (including phenoxy) is 1. The molecule has 7 nitrogen and oxygen atoms in total. The molecule has 1 aromatic carbocycles. The van der Waals surface area contributed by atoms with Gasteiger partial charge >= 0.3 is 0 Å². The molecule has 0 bridgehead atoms. The van der Waals surface area contributed by atoms with Crippen LogP contribution in [0.4, 0.5) is 5.95 Å². The molecule has 0 saturated carbocycles. The second-order valence-corrected chi connectivity index (χ2v) is 8.23. The Morgan fingerprint density at radius 2 is 1.88 bits per heavy atom. The lowest BCUT2D eigenvalue weighted by Crippen LogP contribution is -2.30. The highest BCUT2D eigenvalue weighted by Crippen LogP contribution is 2.31. The van der Waals surface area contributed by atoms with Gasteiger partial charge in [0.25, 0.3) is 0 Å². The van der Waals surface area contributed by atoms with Gasteiger partial charge in [-0.2, -0.15) is 0 Å². The average molecular weight is 432 g/mol. The van der Waals surface area contributed by atoms with E-state index in [1.807, 2.05) is 61.6 Å². The number of carbonyl (C=O) groups is 1. The molecule has 0 radical (unpaired) electrons. The normalized spacial score (nSPS) is 15.9. The summed E-state index contributed by atoms with van der Waals surface area (Å²) in [7, 11) is 3.85. The van der Waals surface area contributed by atoms with E-state index in [0.29, 0.717) is 18.9 Å². The molecule has 1 saturated heterocycles. The van der Waals surface area contributed by atoms with Gasteiger partial charge in [0.05, 0.1) is 18.2 Å². The number of aromatic nitrogens is 3. The van der Waals surface area contributed by atoms with Crippen molar-refractivity contribution in [3.63, 3.8) is 0 Å². The Morgan fingerprint density at radius 3 is 2.56 bits per heavy atom. The Morgan fingerprint density at radius 1 is 1.09 bits per heavy atom. The summed E-state index contributed by atoms with van der Waals surface area (Å²) in [5.41, 5.74) is 4.86. The van der Waals surface area contributed by atoms with Crippen LogP contribution in [0, 0.1) is 0 Å². The Kier molecular flexibility index (Phi) is 7.07. The molecule has 7 heteroatoms. The maximum absolute atomic E-state index is 12.3. The molecule has 1 fully saturated rings. The van der Waals surface area contributed by atoms with Gasteiger partial charge in [-0.05, 0) is 42.5 Å². The van der Waals surface area contributed by atoms with Crippen LogP contribution in [-0.2, 0) is 16.1 Å². The van der Waals surface area contributed by atoms with E-state index in [1.165, 1.54) is 0 Å². The third-order valence-electron chi connectivity index (χ3n) is 5.57. The Hall–Kier alpha value is -3.32. The first kappa shape index (κ1) is 21.9. The van der Waals surface area contributed by atoms with Crippen molar-refractivity contribution in [3.05, 3.63) is 60.6 Å². The average Bonchev–Trinajstić information content (AvgIpc) is 2.84. The molecule has 2 aromatic heterocycles. The smallest absolute Gasteiger partial charge is 0.225 e. The summed E-state index contributed by atoms with van der Waals surface area (Å²) < 4.78 is 5.66. The monoisotopic (exact) mass is 431 g/mol. The van der Waals surface area contributed by atoms with Crippen molar-refractivity contribution in [2.24, 2.45) is 0 Å². The summed E-state index contributed by atoms with van der Waals surface area (Å²) >= 11 is 0. The van der Waals surface area contributed by atoms with E-state index in [1.54, 1.807) is 12.4 Å². The summed E-state index contributed by atoms with van der Waals surface area (Å²) in [6.45, 7) is 1.26. The van der Waals surface area contributed by atoms with Gasteiger partial charge in [0.1, 0.15) is 0 Å². The third kappa shape index (κ3) is 5.48. The minimum Gasteiger partial charge on any atom is -0.378 e. The van der Waals surface area contributed by atoms with Gasteiger partial charge in [0.2, 0.25) is 11.9 Å². The lowest BCUT2D eigenvalue weighted by atomic mass is 10.0. The van der Waals surface area contributed by atoms with Crippen LogP contribution in [0.3, 0.4) is 0 Å². The van der Waals surface area contributed by atoms with Gasteiger partial charge < -0.3 is 15.0 Å². The maximum Gasteiger partial charge on any atom is 0.225 e. The lowest BCUT2D eigenvalue weighted by molar-refractivity contribution is -0.125. The number of benzene rings is 1. The van der Waals surface area contributed by atoms with Crippen molar-refractivity contribution in [3.8, 4) is 22.4 Å². The molecule has 3 aromatic rings. The van der Waals surface area contributed by atoms with Crippen LogP contribution in [-0.4, -0.2) is 47.7 Å². The zero-order valence-corrected chi connectivity index (χ0v) is 18.6. The Bertz CT molecular complexity index is 1030. The van der Waals surface area contributed by atoms with Crippen molar-refractivity contribution in [2.45, 2.75) is 38.3 Å². The molecule has 1 aliphatic heterocycles. The van der Waals surface area contributed by atoms with Crippen LogP contribution in [0.1, 0.15) is 31.2 Å². The van der Waals surface area contributed by atoms with Crippen LogP contribution < -0.4 is 10.2 Å². The Balaban J connectivity index is 1.48. The van der Waals surface area contributed by atoms with Gasteiger partial charge in [0, 0.05) is 57.0 Å². The SMILES string of the molecule is CN(C)c1ncc(-c2ccncc2)c(-c2ccc(CNC(=O)CC3CCCCO3)cc2)n1. The minimum absolute atomic E-state index is 0.0346. The predicted octanol–water partition coefficient (Wildman–Crippen LogP) is 3.85. The largest absolute Gasteiger partial charge is 0.378 e. The summed E-state index contributed by atoms with van der Waals surface area (Å²) in [6, 6.07) is 12.0. The molecule has 1 N–H and O–H groups in total. The molecule has 1 amide bonds. The van der Waals surface area contributed by atoms with Crippen molar-refractivity contribution >= 4 is 11.9 Å². The topological polar surface area (TPSA) is 80.2 Å². The van der Waals surface area contributed by atoms with Crippen molar-refractivity contribution in [1.82, 2.24) is 20.3 Å². The molecule has 0 aliphatic carbocycles. The number of pyridine rings is 1. The Labute approximate surface area is 188 Å². The van der Waals surface area contributed by atoms with E-state index in [2.05, 4.69) is 15.3 Å². The zero-order valence-electron chi connectivity index (χ0n) is 18.6. The van der Waals surface area contributed by atoms with E-state index in [9.17, 15) is 4.79 Å². The molecule has 1 aliphatic rings. The molecular formula is C25H29N5O2. The molecule has 1 unspecified atom stereocenters. The van der Waals surface area contributed by atoms with Crippen LogP contribution in [0.25, 0.3) is 22.4 Å². The van der Waals surface area contributed by atoms with E-state index >= 15 is 0 Å². The zero-order chi connectivity index (χ0) is 22.3. The molecule has 0 spiro atoms. The highest BCUT2D eigenvalue weighted by Gasteiger charge is 2.17. The summed E-state index contributed by atoms with van der Waals surface area (Å²) in [6.07, 6.45) is 9.08. The molecule has 3 heterocycles. The second-order valence-electron chi connectivity index (χ2n) is 8.23. The standard InChI is InChI=1S/C25H29N5O2/c1-30(2)25-28-17-22(19-10-12-26-13-11-19)24(29-25)20-8-6-18(7-9-20)16-27-23(31)15-21-5-3-4-14-32-21/h6-13,17,21H,3-5,14-16H2,1-2H3,(H,27,31). The van der Waals surface area contributed by atoms with Gasteiger partial charge in [0.15, 0.2) is 0 Å². The van der Waals surface area contributed by atoms with Crippen LogP contribution in [0.2, 0.25) is 0 Å². The highest BCUT2D eigenvalue weighted by molar-refractivity contribution is 5.81. The maximum atomic E-state index is 12.3. The quantitative estimate of drug-likeness (QED) is 0.612. The van der Waals surface area contributed by atoms with Crippen molar-refractivity contribution < 1.29 is 9.53 Å². The van der Waals surface area contributed by atoms with Crippen LogP contribution in [0.15, 0.2) is 55.0 Å². The van der Waals surface area contributed by atoms with Crippen molar-refractivity contribution in [2.75, 3.05) is 25.6 Å². The second kappa shape index (κ2) is 10.3. The van der Waals surface area contributed by atoms with E-state index in [4.69, 9.17) is 9.72 Å². The van der Waals surface area contributed by atoms with Gasteiger partial charge in [-0.15, -0.1) is 0 Å². The first-order chi connectivity index (χ1) is 15.6. The van der Waals surface area contributed by atoms with Gasteiger partial charge in [-0.3, -0.25) is 9.78 Å². The number of carbonyl (C=O) groups excluding carboxylic acids is 1. The number of nitrogens with zero attached hydrogens (tertiary/aromatic N) is 4. The lowest BCUT2D eigenvalue weighted by Gasteiger charge is -2.21. The first-order valence-electron chi connectivity index (χ1n) is 11.0. The van der Waals surface area contributed by atoms with E-state index in [-0.39, 0.29) is 12.0 Å². The fourth-order valence-electron chi connectivity index (χ4n) is 3.78. The van der Waals surface area contributed by atoms with Crippen LogP contribution >= 0.6 is 0 Å². The molecule has 166 valence electrons. The highest BCUT2D eigenvalue weighted by atomic mass is 16.5. The number of rotatable bonds is 7. The number of nitrogens with one attached hydrogen (secondary N) is 1. The summed E-state index contributed by atoms with van der Waals surface area (Å²) in [5.74, 6) is 0.687.